The van der Waals surface area contributed by atoms with Crippen LogP contribution < -0.4 is 10.2 Å². The van der Waals surface area contributed by atoms with Crippen LogP contribution in [0.2, 0.25) is 0 Å². The molecule has 7 heteroatoms. The number of aliphatic carboxylic acids is 2. The van der Waals surface area contributed by atoms with Gasteiger partial charge in [0.25, 0.3) is 0 Å². The molecule has 0 atom stereocenters. The second-order valence-electron chi connectivity index (χ2n) is 5.67. The van der Waals surface area contributed by atoms with E-state index in [0.717, 1.165) is 0 Å². The van der Waals surface area contributed by atoms with Gasteiger partial charge in [0.05, 0.1) is 11.2 Å². The van der Waals surface area contributed by atoms with Gasteiger partial charge in [-0.1, -0.05) is 0 Å². The summed E-state index contributed by atoms with van der Waals surface area (Å²) in [6.45, 7) is 7.37. The molecule has 0 aromatic carbocycles. The fourth-order valence-electron chi connectivity index (χ4n) is 1.01. The fourth-order valence-corrected chi connectivity index (χ4v) is 1.01. The van der Waals surface area contributed by atoms with Gasteiger partial charge in [0.2, 0.25) is 0 Å². The smallest absolute Gasteiger partial charge is 0.550 e. The Morgan fingerprint density at radius 1 is 0.810 bits per heavy atom. The third-order valence-electron chi connectivity index (χ3n) is 2.97. The van der Waals surface area contributed by atoms with E-state index in [-0.39, 0.29) is 51.7 Å². The third-order valence-corrected chi connectivity index (χ3v) is 2.97. The molecular formula is C14H26HgO6. The first-order valence-electron chi connectivity index (χ1n) is 6.46. The van der Waals surface area contributed by atoms with E-state index in [9.17, 15) is 19.8 Å². The standard InChI is InChI=1S/2C7H14O3.Hg/c2*1-7(2,10-3)5-4-6(8)9;/h2*4-5H2,1-3H3,(H,8,9);/q;;+2/p-2. The van der Waals surface area contributed by atoms with Crippen molar-refractivity contribution in [3.8, 4) is 0 Å². The van der Waals surface area contributed by atoms with Crippen molar-refractivity contribution in [3.63, 3.8) is 0 Å². The molecule has 0 saturated carbocycles. The van der Waals surface area contributed by atoms with Crippen molar-refractivity contribution in [3.05, 3.63) is 0 Å². The van der Waals surface area contributed by atoms with Crippen molar-refractivity contribution in [2.24, 2.45) is 0 Å². The van der Waals surface area contributed by atoms with E-state index in [1.165, 1.54) is 0 Å². The van der Waals surface area contributed by atoms with Gasteiger partial charge in [-0.15, -0.1) is 0 Å². The second kappa shape index (κ2) is 12.4. The van der Waals surface area contributed by atoms with Crippen LogP contribution in [0.1, 0.15) is 53.4 Å². The molecule has 0 aromatic heterocycles. The van der Waals surface area contributed by atoms with Crippen LogP contribution in [0.25, 0.3) is 0 Å². The van der Waals surface area contributed by atoms with Gasteiger partial charge in [0.15, 0.2) is 0 Å². The maximum Gasteiger partial charge on any atom is 2.00 e. The molecule has 0 bridgehead atoms. The van der Waals surface area contributed by atoms with E-state index < -0.39 is 11.9 Å². The van der Waals surface area contributed by atoms with Gasteiger partial charge in [-0.2, -0.15) is 0 Å². The SMILES string of the molecule is COC(C)(C)CCC(=O)[O-].COC(C)(C)CCC(=O)[O-].[Hg+2]. The Kier molecular flexibility index (Phi) is 15.1. The molecule has 0 N–H and O–H groups in total. The van der Waals surface area contributed by atoms with E-state index in [1.54, 1.807) is 14.2 Å². The van der Waals surface area contributed by atoms with Gasteiger partial charge in [-0.25, -0.2) is 0 Å². The van der Waals surface area contributed by atoms with Crippen molar-refractivity contribution in [2.45, 2.75) is 64.6 Å². The number of carbonyl (C=O) groups is 2. The number of ether oxygens (including phenoxy) is 2. The molecule has 0 amide bonds. The van der Waals surface area contributed by atoms with E-state index >= 15 is 0 Å². The van der Waals surface area contributed by atoms with Crippen molar-refractivity contribution >= 4 is 11.9 Å². The summed E-state index contributed by atoms with van der Waals surface area (Å²) in [5.74, 6) is -2.05. The number of carbonyl (C=O) groups excluding carboxylic acids is 2. The predicted molar refractivity (Wildman–Crippen MR) is 70.7 cm³/mol. The van der Waals surface area contributed by atoms with E-state index in [0.29, 0.717) is 12.8 Å². The number of methoxy groups -OCH3 is 2. The van der Waals surface area contributed by atoms with Crippen LogP contribution in [0, 0.1) is 0 Å². The molecule has 0 radical (unpaired) electrons. The van der Waals surface area contributed by atoms with E-state index in [1.807, 2.05) is 27.7 Å². The Morgan fingerprint density at radius 2 is 1.05 bits per heavy atom. The van der Waals surface area contributed by atoms with Crippen LogP contribution in [0.15, 0.2) is 0 Å². The monoisotopic (exact) mass is 492 g/mol. The van der Waals surface area contributed by atoms with Crippen LogP contribution in [0.5, 0.6) is 0 Å². The van der Waals surface area contributed by atoms with Crippen molar-refractivity contribution < 1.29 is 56.9 Å². The zero-order chi connectivity index (χ0) is 16.4. The number of hydrogen-bond acceptors (Lipinski definition) is 6. The normalized spacial score (nSPS) is 11.0. The maximum atomic E-state index is 10.00. The van der Waals surface area contributed by atoms with Gasteiger partial charge in [0.1, 0.15) is 0 Å². The van der Waals surface area contributed by atoms with Crippen LogP contribution >= 0.6 is 0 Å². The maximum absolute atomic E-state index is 10.00. The summed E-state index contributed by atoms with van der Waals surface area (Å²) < 4.78 is 9.99. The summed E-state index contributed by atoms with van der Waals surface area (Å²) in [5, 5.41) is 20.0. The Labute approximate surface area is 147 Å². The van der Waals surface area contributed by atoms with Gasteiger partial charge in [-0.3, -0.25) is 0 Å². The van der Waals surface area contributed by atoms with Crippen molar-refractivity contribution in [2.75, 3.05) is 14.2 Å². The first-order chi connectivity index (χ1) is 8.95. The summed E-state index contributed by atoms with van der Waals surface area (Å²) in [6.07, 6.45) is 1.10. The zero-order valence-corrected chi connectivity index (χ0v) is 19.5. The minimum atomic E-state index is -1.02. The summed E-state index contributed by atoms with van der Waals surface area (Å²) in [4.78, 5) is 20.0. The predicted octanol–water partition coefficient (Wildman–Crippen LogP) is -0.119. The average molecular weight is 491 g/mol. The Hall–Kier alpha value is -0.205. The number of rotatable bonds is 8. The Morgan fingerprint density at radius 3 is 1.19 bits per heavy atom. The molecule has 0 aliphatic rings. The first kappa shape index (κ1) is 25.7. The van der Waals surface area contributed by atoms with Crippen molar-refractivity contribution in [1.82, 2.24) is 0 Å². The average Bonchev–Trinajstić information content (AvgIpc) is 2.35. The molecule has 6 nitrogen and oxygen atoms in total. The van der Waals surface area contributed by atoms with E-state index in [4.69, 9.17) is 9.47 Å². The Bertz CT molecular complexity index is 272. The molecule has 0 saturated heterocycles. The van der Waals surface area contributed by atoms with Gasteiger partial charge in [-0.05, 0) is 53.4 Å². The molecule has 0 heterocycles. The quantitative estimate of drug-likeness (QED) is 0.440. The largest absolute Gasteiger partial charge is 2.00 e. The molecule has 0 spiro atoms. The molecule has 0 unspecified atom stereocenters. The zero-order valence-electron chi connectivity index (χ0n) is 14.0. The molecule has 21 heavy (non-hydrogen) atoms. The molecule has 120 valence electrons. The minimum Gasteiger partial charge on any atom is -0.550 e. The summed E-state index contributed by atoms with van der Waals surface area (Å²) in [5.41, 5.74) is -0.694. The van der Waals surface area contributed by atoms with Crippen LogP contribution in [-0.2, 0) is 46.7 Å². The van der Waals surface area contributed by atoms with Crippen LogP contribution in [0.3, 0.4) is 0 Å². The minimum absolute atomic E-state index is 0. The van der Waals surface area contributed by atoms with Crippen LogP contribution in [0.4, 0.5) is 0 Å². The fraction of sp³-hybridized carbons (Fsp3) is 0.857. The number of carboxylic acids is 2. The molecule has 0 aliphatic carbocycles. The molecule has 0 aliphatic heterocycles. The first-order valence-corrected chi connectivity index (χ1v) is 6.46. The van der Waals surface area contributed by atoms with E-state index in [2.05, 4.69) is 0 Å². The van der Waals surface area contributed by atoms with Gasteiger partial charge < -0.3 is 29.3 Å². The summed E-state index contributed by atoms with van der Waals surface area (Å²) in [6, 6.07) is 0. The Balaban J connectivity index is -0.000000295. The van der Waals surface area contributed by atoms with Gasteiger partial charge >= 0.3 is 27.7 Å². The van der Waals surface area contributed by atoms with Crippen molar-refractivity contribution in [1.29, 1.82) is 0 Å². The molecule has 0 aromatic rings. The summed E-state index contributed by atoms with van der Waals surface area (Å²) >= 11 is 0. The van der Waals surface area contributed by atoms with Crippen LogP contribution in [-0.4, -0.2) is 37.4 Å². The third kappa shape index (κ3) is 19.8. The topological polar surface area (TPSA) is 98.7 Å². The second-order valence-corrected chi connectivity index (χ2v) is 5.67. The number of carboxylic acid groups (broad SMARTS) is 2. The number of hydrogen-bond donors (Lipinski definition) is 0. The molecular weight excluding hydrogens is 465 g/mol. The molecule has 0 fully saturated rings. The summed E-state index contributed by atoms with van der Waals surface area (Å²) in [7, 11) is 3.13. The molecule has 0 rings (SSSR count). The van der Waals surface area contributed by atoms with Gasteiger partial charge in [0, 0.05) is 26.2 Å².